The fraction of sp³-hybridized carbons (Fsp3) is 0.250. The summed E-state index contributed by atoms with van der Waals surface area (Å²) in [6.45, 7) is 3.49. The number of nitrogens with zero attached hydrogens (tertiary/aromatic N) is 5. The van der Waals surface area contributed by atoms with E-state index in [4.69, 9.17) is 30.7 Å². The van der Waals surface area contributed by atoms with Gasteiger partial charge in [-0.05, 0) is 33.3 Å². The van der Waals surface area contributed by atoms with E-state index in [2.05, 4.69) is 15.1 Å². The number of pyridine rings is 3. The van der Waals surface area contributed by atoms with E-state index in [9.17, 15) is 18.7 Å². The molecule has 0 radical (unpaired) electrons. The Morgan fingerprint density at radius 1 is 1.17 bits per heavy atom. The van der Waals surface area contributed by atoms with E-state index in [1.165, 1.54) is 41.6 Å². The molecule has 0 unspecified atom stereocenters. The van der Waals surface area contributed by atoms with E-state index in [0.717, 1.165) is 0 Å². The van der Waals surface area contributed by atoms with Gasteiger partial charge in [-0.2, -0.15) is 5.10 Å². The predicted octanol–water partition coefficient (Wildman–Crippen LogP) is 4.82. The zero-order valence-electron chi connectivity index (χ0n) is 21.5. The van der Waals surface area contributed by atoms with Crippen LogP contribution in [-0.2, 0) is 12.2 Å². The van der Waals surface area contributed by atoms with E-state index in [1.54, 1.807) is 19.9 Å². The van der Waals surface area contributed by atoms with Crippen LogP contribution in [0.4, 0.5) is 8.78 Å². The SMILES string of the molecule is [2H]C([2H])(Oc1cc(C)n(-c2cc(-n3cc(Cl)c(C(C)(C)O)n3)ncc2C)c(=O)c1Cl)c1ncc(F)cc1F. The highest BCUT2D eigenvalue weighted by molar-refractivity contribution is 6.32. The number of hydrogen-bond donors (Lipinski definition) is 1. The van der Waals surface area contributed by atoms with Gasteiger partial charge in [0.15, 0.2) is 11.6 Å². The van der Waals surface area contributed by atoms with Gasteiger partial charge in [-0.3, -0.25) is 14.3 Å². The normalized spacial score (nSPS) is 12.9. The molecule has 12 heteroatoms. The Morgan fingerprint density at radius 3 is 2.53 bits per heavy atom. The zero-order valence-corrected chi connectivity index (χ0v) is 21.0. The molecule has 0 saturated carbocycles. The lowest BCUT2D eigenvalue weighted by molar-refractivity contribution is 0.0735. The van der Waals surface area contributed by atoms with Crippen LogP contribution in [0.1, 0.15) is 39.2 Å². The number of hydrogen-bond acceptors (Lipinski definition) is 6. The molecule has 0 aromatic carbocycles. The first kappa shape index (κ1) is 23.1. The summed E-state index contributed by atoms with van der Waals surface area (Å²) in [5.41, 5.74) is -1.34. The summed E-state index contributed by atoms with van der Waals surface area (Å²) < 4.78 is 51.5. The molecule has 0 bridgehead atoms. The molecule has 0 fully saturated rings. The quantitative estimate of drug-likeness (QED) is 0.378. The Labute approximate surface area is 217 Å². The lowest BCUT2D eigenvalue weighted by atomic mass is 10.1. The van der Waals surface area contributed by atoms with Gasteiger partial charge in [-0.1, -0.05) is 23.2 Å². The van der Waals surface area contributed by atoms with Gasteiger partial charge < -0.3 is 9.84 Å². The zero-order chi connectivity index (χ0) is 28.2. The average Bonchev–Trinajstić information content (AvgIpc) is 3.20. The first-order valence-corrected chi connectivity index (χ1v) is 11.2. The fourth-order valence-electron chi connectivity index (χ4n) is 3.40. The molecule has 1 N–H and O–H groups in total. The minimum Gasteiger partial charge on any atom is -0.485 e. The van der Waals surface area contributed by atoms with E-state index in [1.807, 2.05) is 0 Å². The van der Waals surface area contributed by atoms with E-state index >= 15 is 0 Å². The summed E-state index contributed by atoms with van der Waals surface area (Å²) in [7, 11) is 0. The highest BCUT2D eigenvalue weighted by atomic mass is 35.5. The van der Waals surface area contributed by atoms with Crippen LogP contribution in [0.15, 0.2) is 41.6 Å². The van der Waals surface area contributed by atoms with Gasteiger partial charge >= 0.3 is 0 Å². The predicted molar refractivity (Wildman–Crippen MR) is 130 cm³/mol. The number of aryl methyl sites for hydroxylation is 2. The van der Waals surface area contributed by atoms with E-state index in [-0.39, 0.29) is 16.5 Å². The summed E-state index contributed by atoms with van der Waals surface area (Å²) in [5, 5.41) is 14.3. The lowest BCUT2D eigenvalue weighted by Crippen LogP contribution is -2.23. The van der Waals surface area contributed by atoms with Crippen LogP contribution >= 0.6 is 23.2 Å². The van der Waals surface area contributed by atoms with Crippen LogP contribution in [0.3, 0.4) is 0 Å². The van der Waals surface area contributed by atoms with Gasteiger partial charge in [-0.15, -0.1) is 0 Å². The maximum Gasteiger partial charge on any atom is 0.277 e. The van der Waals surface area contributed by atoms with Gasteiger partial charge in [0.05, 0.1) is 25.8 Å². The molecule has 4 aromatic heterocycles. The second-order valence-corrected chi connectivity index (χ2v) is 9.24. The highest BCUT2D eigenvalue weighted by Crippen LogP contribution is 2.29. The maximum absolute atomic E-state index is 14.2. The van der Waals surface area contributed by atoms with Crippen molar-refractivity contribution < 1.29 is 21.4 Å². The second-order valence-electron chi connectivity index (χ2n) is 8.45. The molecule has 4 aromatic rings. The highest BCUT2D eigenvalue weighted by Gasteiger charge is 2.25. The minimum atomic E-state index is -2.87. The van der Waals surface area contributed by atoms with Crippen molar-refractivity contribution in [3.63, 3.8) is 0 Å². The summed E-state index contributed by atoms with van der Waals surface area (Å²) in [5.74, 6) is -2.32. The van der Waals surface area contributed by atoms with Crippen molar-refractivity contribution in [1.82, 2.24) is 24.3 Å². The van der Waals surface area contributed by atoms with E-state index in [0.29, 0.717) is 35.0 Å². The van der Waals surface area contributed by atoms with Gasteiger partial charge in [0, 0.05) is 30.1 Å². The van der Waals surface area contributed by atoms with Crippen LogP contribution in [0.5, 0.6) is 5.75 Å². The number of ether oxygens (including phenoxy) is 1. The Morgan fingerprint density at radius 2 is 1.89 bits per heavy atom. The molecule has 8 nitrogen and oxygen atoms in total. The van der Waals surface area contributed by atoms with Gasteiger partial charge in [0.1, 0.15) is 40.1 Å². The summed E-state index contributed by atoms with van der Waals surface area (Å²) >= 11 is 12.5. The van der Waals surface area contributed by atoms with Crippen molar-refractivity contribution in [3.8, 4) is 17.3 Å². The maximum atomic E-state index is 14.2. The van der Waals surface area contributed by atoms with Crippen molar-refractivity contribution in [2.75, 3.05) is 0 Å². The lowest BCUT2D eigenvalue weighted by Gasteiger charge is -2.17. The molecule has 0 aliphatic rings. The molecule has 0 atom stereocenters. The molecular formula is C24H21Cl2F2N5O3. The largest absolute Gasteiger partial charge is 0.485 e. The topological polar surface area (TPSA) is 95.1 Å². The van der Waals surface area contributed by atoms with Gasteiger partial charge in [0.2, 0.25) is 0 Å². The van der Waals surface area contributed by atoms with Crippen LogP contribution in [0.25, 0.3) is 11.5 Å². The standard InChI is InChI=1S/C24H21Cl2F2N5O3/c1-12-8-30-20(32-10-15(25)22(31-32)24(3,4)35)7-18(12)33-13(2)5-19(21(26)23(33)34)36-11-17-16(28)6-14(27)9-29-17/h5-10,35H,11H2,1-4H3/i11D2. The molecule has 0 saturated heterocycles. The third kappa shape index (κ3) is 4.97. The van der Waals surface area contributed by atoms with Crippen LogP contribution < -0.4 is 10.3 Å². The third-order valence-electron chi connectivity index (χ3n) is 5.15. The monoisotopic (exact) mass is 537 g/mol. The van der Waals surface area contributed by atoms with Crippen molar-refractivity contribution in [2.24, 2.45) is 0 Å². The first-order valence-electron chi connectivity index (χ1n) is 11.5. The van der Waals surface area contributed by atoms with Gasteiger partial charge in [-0.25, -0.2) is 18.4 Å². The second kappa shape index (κ2) is 9.61. The molecule has 0 aliphatic carbocycles. The Bertz CT molecular complexity index is 1620. The number of rotatable bonds is 6. The molecule has 188 valence electrons. The molecule has 0 spiro atoms. The smallest absolute Gasteiger partial charge is 0.277 e. The molecule has 0 amide bonds. The van der Waals surface area contributed by atoms with Crippen molar-refractivity contribution >= 4 is 23.2 Å². The minimum absolute atomic E-state index is 0.223. The first-order chi connectivity index (χ1) is 17.6. The Kier molecular flexibility index (Phi) is 6.16. The molecule has 36 heavy (non-hydrogen) atoms. The summed E-state index contributed by atoms with van der Waals surface area (Å²) in [6, 6.07) is 3.34. The van der Waals surface area contributed by atoms with Crippen LogP contribution in [-0.4, -0.2) is 29.4 Å². The van der Waals surface area contributed by atoms with Crippen molar-refractivity contribution in [3.05, 3.63) is 91.5 Å². The fourth-order valence-corrected chi connectivity index (χ4v) is 3.94. The summed E-state index contributed by atoms with van der Waals surface area (Å²) in [6.07, 6.45) is 3.63. The number of aromatic nitrogens is 5. The van der Waals surface area contributed by atoms with Crippen LogP contribution in [0, 0.1) is 25.5 Å². The van der Waals surface area contributed by atoms with E-state index < -0.39 is 40.1 Å². The number of halogens is 4. The molecule has 4 heterocycles. The van der Waals surface area contributed by atoms with Crippen molar-refractivity contribution in [2.45, 2.75) is 39.9 Å². The van der Waals surface area contributed by atoms with Crippen LogP contribution in [0.2, 0.25) is 10.0 Å². The summed E-state index contributed by atoms with van der Waals surface area (Å²) in [4.78, 5) is 21.1. The Balaban J connectivity index is 1.77. The number of aliphatic hydroxyl groups is 1. The van der Waals surface area contributed by atoms with Crippen molar-refractivity contribution in [1.29, 1.82) is 0 Å². The molecule has 4 rings (SSSR count). The molecule has 0 aliphatic heterocycles. The Hall–Kier alpha value is -3.34. The average molecular weight is 538 g/mol. The third-order valence-corrected chi connectivity index (χ3v) is 5.77. The molecular weight excluding hydrogens is 515 g/mol. The van der Waals surface area contributed by atoms with Gasteiger partial charge in [0.25, 0.3) is 5.56 Å².